The maximum atomic E-state index is 13.1. The topological polar surface area (TPSA) is 98.0 Å². The van der Waals surface area contributed by atoms with Crippen molar-refractivity contribution in [3.05, 3.63) is 32.6 Å². The summed E-state index contributed by atoms with van der Waals surface area (Å²) < 4.78 is 24.8. The molecule has 0 aliphatic carbocycles. The molecule has 1 fully saturated rings. The zero-order valence-corrected chi connectivity index (χ0v) is 22.5. The number of rotatable bonds is 9. The highest BCUT2D eigenvalue weighted by molar-refractivity contribution is 6.74. The van der Waals surface area contributed by atoms with Crippen LogP contribution in [0.1, 0.15) is 72.4 Å². The van der Waals surface area contributed by atoms with Crippen molar-refractivity contribution < 1.29 is 23.4 Å². The number of hydrogen-bond acceptors (Lipinski definition) is 7. The maximum Gasteiger partial charge on any atom is 0.510 e. The molecule has 1 aromatic heterocycles. The molecule has 0 bridgehead atoms. The minimum Gasteiger partial charge on any atom is -0.435 e. The summed E-state index contributed by atoms with van der Waals surface area (Å²) in [4.78, 5) is 37.4. The molecule has 1 aromatic rings. The second kappa shape index (κ2) is 10.6. The molecule has 0 radical (unpaired) electrons. The van der Waals surface area contributed by atoms with E-state index in [4.69, 9.17) is 18.6 Å². The molecular weight excluding hydrogens is 444 g/mol. The van der Waals surface area contributed by atoms with Crippen LogP contribution in [0.3, 0.4) is 0 Å². The van der Waals surface area contributed by atoms with Gasteiger partial charge in [-0.15, -0.1) is 0 Å². The van der Waals surface area contributed by atoms with Crippen LogP contribution >= 0.6 is 0 Å². The van der Waals surface area contributed by atoms with Crippen LogP contribution in [0.4, 0.5) is 4.79 Å². The Morgan fingerprint density at radius 2 is 1.88 bits per heavy atom. The fourth-order valence-corrected chi connectivity index (χ4v) is 6.15. The molecular formula is C23H40N2O7Si. The summed E-state index contributed by atoms with van der Waals surface area (Å²) in [5.41, 5.74) is -0.761. The smallest absolute Gasteiger partial charge is 0.435 e. The average molecular weight is 485 g/mol. The Kier molecular flexibility index (Phi) is 8.75. The van der Waals surface area contributed by atoms with Gasteiger partial charge in [-0.3, -0.25) is 9.36 Å². The monoisotopic (exact) mass is 484 g/mol. The summed E-state index contributed by atoms with van der Waals surface area (Å²) in [5.74, 6) is 0.498. The molecule has 1 unspecified atom stereocenters. The predicted molar refractivity (Wildman–Crippen MR) is 128 cm³/mol. The van der Waals surface area contributed by atoms with Gasteiger partial charge in [-0.2, -0.15) is 0 Å². The van der Waals surface area contributed by atoms with E-state index in [1.165, 1.54) is 17.7 Å². The van der Waals surface area contributed by atoms with Crippen molar-refractivity contribution in [3.63, 3.8) is 0 Å². The van der Waals surface area contributed by atoms with Gasteiger partial charge < -0.3 is 18.6 Å². The van der Waals surface area contributed by atoms with Crippen molar-refractivity contribution in [2.75, 3.05) is 13.2 Å². The van der Waals surface area contributed by atoms with Crippen molar-refractivity contribution in [1.29, 1.82) is 0 Å². The van der Waals surface area contributed by atoms with Crippen molar-refractivity contribution in [2.24, 2.45) is 5.92 Å². The van der Waals surface area contributed by atoms with E-state index in [2.05, 4.69) is 40.8 Å². The lowest BCUT2D eigenvalue weighted by atomic mass is 9.99. The number of nitrogens with zero attached hydrogens (tertiary/aromatic N) is 2. The first kappa shape index (κ1) is 27.3. The molecule has 2 heterocycles. The lowest BCUT2D eigenvalue weighted by Crippen LogP contribution is -2.46. The Labute approximate surface area is 197 Å². The van der Waals surface area contributed by atoms with Crippen LogP contribution in [0.15, 0.2) is 15.8 Å². The van der Waals surface area contributed by atoms with Crippen LogP contribution in [0, 0.1) is 12.8 Å². The minimum atomic E-state index is -1.99. The molecule has 2 rings (SSSR count). The number of carbonyl (C=O) groups is 1. The van der Waals surface area contributed by atoms with E-state index in [0.29, 0.717) is 24.5 Å². The first-order chi connectivity index (χ1) is 15.2. The average Bonchev–Trinajstić information content (AvgIpc) is 3.18. The standard InChI is InChI=1S/C23H40N2O7Si/c1-10-29-22(28)31-17(5)25-20(26)16(4)13-24(21(25)27)19-12-11-18(32-19)14-30-33(8,9)23(6,7)15(2)3/h13,15,17-19H,10-12,14H2,1-9H3/t17?,18-,19+/m0/s1. The zero-order valence-electron chi connectivity index (χ0n) is 21.5. The Balaban J connectivity index is 2.18. The highest BCUT2D eigenvalue weighted by Crippen LogP contribution is 2.45. The molecule has 0 spiro atoms. The van der Waals surface area contributed by atoms with Crippen LogP contribution in [0.5, 0.6) is 0 Å². The van der Waals surface area contributed by atoms with E-state index < -0.39 is 38.2 Å². The summed E-state index contributed by atoms with van der Waals surface area (Å²) in [5, 5.41) is 0.101. The van der Waals surface area contributed by atoms with E-state index in [-0.39, 0.29) is 17.7 Å². The van der Waals surface area contributed by atoms with Gasteiger partial charge in [-0.05, 0) is 57.7 Å². The number of aromatic nitrogens is 2. The highest BCUT2D eigenvalue weighted by Gasteiger charge is 2.44. The molecule has 1 saturated heterocycles. The van der Waals surface area contributed by atoms with Gasteiger partial charge in [0.15, 0.2) is 14.5 Å². The van der Waals surface area contributed by atoms with Gasteiger partial charge in [-0.1, -0.05) is 27.7 Å². The highest BCUT2D eigenvalue weighted by atomic mass is 28.4. The van der Waals surface area contributed by atoms with Gasteiger partial charge in [0.25, 0.3) is 5.56 Å². The Hall–Kier alpha value is -1.91. The van der Waals surface area contributed by atoms with Crippen LogP contribution < -0.4 is 11.2 Å². The lowest BCUT2D eigenvalue weighted by molar-refractivity contribution is -0.0270. The van der Waals surface area contributed by atoms with Gasteiger partial charge in [0.05, 0.1) is 19.3 Å². The Morgan fingerprint density at radius 3 is 2.45 bits per heavy atom. The summed E-state index contributed by atoms with van der Waals surface area (Å²) in [7, 11) is -1.99. The summed E-state index contributed by atoms with van der Waals surface area (Å²) in [6.07, 6.45) is 0.174. The molecule has 9 nitrogen and oxygen atoms in total. The van der Waals surface area contributed by atoms with E-state index in [0.717, 1.165) is 11.0 Å². The van der Waals surface area contributed by atoms with Crippen LogP contribution in [0.2, 0.25) is 18.1 Å². The second-order valence-corrected chi connectivity index (χ2v) is 14.7. The predicted octanol–water partition coefficient (Wildman–Crippen LogP) is 4.35. The molecule has 0 saturated carbocycles. The van der Waals surface area contributed by atoms with Gasteiger partial charge in [-0.25, -0.2) is 14.2 Å². The lowest BCUT2D eigenvalue weighted by Gasteiger charge is -2.42. The van der Waals surface area contributed by atoms with Crippen LogP contribution in [-0.2, 0) is 18.6 Å². The number of ether oxygens (including phenoxy) is 3. The number of carbonyl (C=O) groups excluding carboxylic acids is 1. The van der Waals surface area contributed by atoms with Crippen LogP contribution in [-0.4, -0.2) is 42.9 Å². The fourth-order valence-electron chi connectivity index (χ4n) is 3.79. The van der Waals surface area contributed by atoms with E-state index >= 15 is 0 Å². The van der Waals surface area contributed by atoms with Gasteiger partial charge in [0, 0.05) is 11.8 Å². The zero-order chi connectivity index (χ0) is 25.1. The minimum absolute atomic E-state index is 0.101. The number of aryl methyl sites for hydroxylation is 1. The molecule has 0 N–H and O–H groups in total. The van der Waals surface area contributed by atoms with Gasteiger partial charge >= 0.3 is 11.8 Å². The first-order valence-corrected chi connectivity index (χ1v) is 14.6. The molecule has 1 aliphatic heterocycles. The molecule has 33 heavy (non-hydrogen) atoms. The third-order valence-corrected chi connectivity index (χ3v) is 11.8. The second-order valence-electron chi connectivity index (χ2n) is 10.1. The van der Waals surface area contributed by atoms with Crippen LogP contribution in [0.25, 0.3) is 0 Å². The van der Waals surface area contributed by atoms with Crippen molar-refractivity contribution >= 4 is 14.5 Å². The third kappa shape index (κ3) is 5.96. The van der Waals surface area contributed by atoms with Crippen molar-refractivity contribution in [1.82, 2.24) is 9.13 Å². The third-order valence-electron chi connectivity index (χ3n) is 7.23. The van der Waals surface area contributed by atoms with Crippen molar-refractivity contribution in [3.8, 4) is 0 Å². The van der Waals surface area contributed by atoms with Gasteiger partial charge in [0.1, 0.15) is 6.23 Å². The molecule has 0 amide bonds. The summed E-state index contributed by atoms with van der Waals surface area (Å²) in [6, 6.07) is 0. The Morgan fingerprint density at radius 1 is 1.24 bits per heavy atom. The molecule has 0 aromatic carbocycles. The SMILES string of the molecule is CCOC(=O)OC(C)n1c(=O)c(C)cn([C@H]2CC[C@@H](CO[Si](C)(C)C(C)(C)C(C)C)O2)c1=O. The summed E-state index contributed by atoms with van der Waals surface area (Å²) in [6.45, 7) is 18.7. The van der Waals surface area contributed by atoms with Gasteiger partial charge in [0.2, 0.25) is 0 Å². The normalized spacial score (nSPS) is 20.2. The first-order valence-electron chi connectivity index (χ1n) is 11.7. The molecule has 3 atom stereocenters. The van der Waals surface area contributed by atoms with Crippen molar-refractivity contribution in [2.45, 2.75) is 98.0 Å². The quantitative estimate of drug-likeness (QED) is 0.380. The Bertz CT molecular complexity index is 951. The summed E-state index contributed by atoms with van der Waals surface area (Å²) >= 11 is 0. The van der Waals surface area contributed by atoms with E-state index in [9.17, 15) is 14.4 Å². The molecule has 10 heteroatoms. The fraction of sp³-hybridized carbons (Fsp3) is 0.783. The molecule has 188 valence electrons. The number of hydrogen-bond donors (Lipinski definition) is 0. The van der Waals surface area contributed by atoms with E-state index in [1.807, 2.05) is 0 Å². The maximum absolute atomic E-state index is 13.1. The molecule has 1 aliphatic rings. The van der Waals surface area contributed by atoms with E-state index in [1.54, 1.807) is 13.8 Å². The largest absolute Gasteiger partial charge is 0.510 e.